The number of carbonyl (C=O) groups is 1. The van der Waals surface area contributed by atoms with E-state index in [-0.39, 0.29) is 24.1 Å². The summed E-state index contributed by atoms with van der Waals surface area (Å²) in [5.41, 5.74) is 13.4. The Morgan fingerprint density at radius 2 is 2.12 bits per heavy atom. The second-order valence-electron chi connectivity index (χ2n) is 5.67. The largest absolute Gasteiger partial charge is 0.454 e. The van der Waals surface area contributed by atoms with Gasteiger partial charge in [0, 0.05) is 6.54 Å². The lowest BCUT2D eigenvalue weighted by Gasteiger charge is -2.05. The van der Waals surface area contributed by atoms with Gasteiger partial charge in [-0.15, -0.1) is 0 Å². The number of aromatic amines is 1. The van der Waals surface area contributed by atoms with Crippen LogP contribution in [0.2, 0.25) is 0 Å². The molecule has 3 heterocycles. The van der Waals surface area contributed by atoms with Gasteiger partial charge >= 0.3 is 0 Å². The molecule has 0 saturated heterocycles. The molecule has 130 valence electrons. The highest BCUT2D eigenvalue weighted by molar-refractivity contribution is 7.20. The second kappa shape index (κ2) is 6.09. The molecule has 0 spiro atoms. The van der Waals surface area contributed by atoms with E-state index in [2.05, 4.69) is 10.3 Å². The van der Waals surface area contributed by atoms with Gasteiger partial charge in [0.25, 0.3) is 11.7 Å². The Labute approximate surface area is 151 Å². The molecule has 0 fully saturated rings. The number of nitrogens with one attached hydrogen (secondary N) is 2. The summed E-state index contributed by atoms with van der Waals surface area (Å²) in [6.07, 6.45) is 0. The van der Waals surface area contributed by atoms with Crippen molar-refractivity contribution in [2.75, 3.05) is 18.3 Å². The van der Waals surface area contributed by atoms with Gasteiger partial charge in [0.2, 0.25) is 6.79 Å². The first-order valence-electron chi connectivity index (χ1n) is 7.67. The summed E-state index contributed by atoms with van der Waals surface area (Å²) in [5, 5.41) is 12.5. The van der Waals surface area contributed by atoms with Gasteiger partial charge in [-0.2, -0.15) is 5.26 Å². The lowest BCUT2D eigenvalue weighted by molar-refractivity contribution is -0.323. The van der Waals surface area contributed by atoms with E-state index in [9.17, 15) is 4.79 Å². The average molecular weight is 368 g/mol. The molecule has 0 saturated carbocycles. The highest BCUT2D eigenvalue weighted by Crippen LogP contribution is 2.33. The minimum absolute atomic E-state index is 0.202. The van der Waals surface area contributed by atoms with Gasteiger partial charge in [-0.1, -0.05) is 17.4 Å². The second-order valence-corrected chi connectivity index (χ2v) is 6.69. The minimum atomic E-state index is -0.299. The number of anilines is 2. The molecule has 26 heavy (non-hydrogen) atoms. The van der Waals surface area contributed by atoms with E-state index in [0.717, 1.165) is 5.56 Å². The molecular formula is C17H14N5O3S+. The minimum Gasteiger partial charge on any atom is -0.454 e. The predicted molar refractivity (Wildman–Crippen MR) is 95.7 cm³/mol. The molecule has 1 aliphatic rings. The predicted octanol–water partition coefficient (Wildman–Crippen LogP) is 1.41. The molecule has 0 atom stereocenters. The first-order valence-corrected chi connectivity index (χ1v) is 8.49. The third kappa shape index (κ3) is 2.62. The molecule has 0 bridgehead atoms. The van der Waals surface area contributed by atoms with Crippen molar-refractivity contribution in [1.82, 2.24) is 5.32 Å². The Morgan fingerprint density at radius 3 is 2.92 bits per heavy atom. The highest BCUT2D eigenvalue weighted by atomic mass is 32.1. The Hall–Kier alpha value is -3.51. The van der Waals surface area contributed by atoms with E-state index >= 15 is 0 Å². The first-order chi connectivity index (χ1) is 12.6. The van der Waals surface area contributed by atoms with Crippen molar-refractivity contribution in [3.05, 3.63) is 40.3 Å². The lowest BCUT2D eigenvalue weighted by atomic mass is 10.2. The number of ether oxygens (including phenoxy) is 2. The Morgan fingerprint density at radius 1 is 1.31 bits per heavy atom. The van der Waals surface area contributed by atoms with Gasteiger partial charge < -0.3 is 20.5 Å². The number of amides is 1. The van der Waals surface area contributed by atoms with Gasteiger partial charge in [0.1, 0.15) is 16.5 Å². The molecule has 6 N–H and O–H groups in total. The smallest absolute Gasteiger partial charge is 0.289 e. The number of nitrogen functional groups attached to an aromatic ring is 2. The van der Waals surface area contributed by atoms with Crippen LogP contribution in [0.4, 0.5) is 11.5 Å². The monoisotopic (exact) mass is 368 g/mol. The van der Waals surface area contributed by atoms with E-state index in [0.29, 0.717) is 38.8 Å². The van der Waals surface area contributed by atoms with Crippen LogP contribution in [0.25, 0.3) is 10.2 Å². The van der Waals surface area contributed by atoms with Gasteiger partial charge in [-0.3, -0.25) is 10.5 Å². The normalized spacial score (nSPS) is 12.1. The van der Waals surface area contributed by atoms with Crippen LogP contribution in [-0.2, 0) is 6.54 Å². The summed E-state index contributed by atoms with van der Waals surface area (Å²) in [6, 6.07) is 9.06. The molecule has 1 aromatic carbocycles. The van der Waals surface area contributed by atoms with Crippen LogP contribution in [0.15, 0.2) is 24.3 Å². The van der Waals surface area contributed by atoms with Gasteiger partial charge in [0.15, 0.2) is 16.3 Å². The maximum atomic E-state index is 12.5. The van der Waals surface area contributed by atoms with Crippen molar-refractivity contribution in [2.45, 2.75) is 6.54 Å². The molecule has 0 radical (unpaired) electrons. The third-order valence-corrected chi connectivity index (χ3v) is 5.16. The summed E-state index contributed by atoms with van der Waals surface area (Å²) in [6.45, 7) is 0.520. The number of pyridine rings is 1. The number of benzene rings is 1. The molecule has 2 aromatic heterocycles. The van der Waals surface area contributed by atoms with Crippen LogP contribution >= 0.6 is 11.3 Å². The Balaban J connectivity index is 1.56. The molecule has 0 aliphatic carbocycles. The number of H-pyrrole nitrogens is 1. The maximum absolute atomic E-state index is 12.5. The van der Waals surface area contributed by atoms with Crippen LogP contribution < -0.4 is 31.2 Å². The summed E-state index contributed by atoms with van der Waals surface area (Å²) in [4.78, 5) is 16.5. The fraction of sp³-hybridized carbons (Fsp3) is 0.118. The van der Waals surface area contributed by atoms with Crippen LogP contribution in [0.3, 0.4) is 0 Å². The zero-order valence-electron chi connectivity index (χ0n) is 13.5. The summed E-state index contributed by atoms with van der Waals surface area (Å²) < 4.78 is 10.6. The lowest BCUT2D eigenvalue weighted by Crippen LogP contribution is -2.22. The fourth-order valence-electron chi connectivity index (χ4n) is 2.68. The van der Waals surface area contributed by atoms with Crippen molar-refractivity contribution < 1.29 is 19.3 Å². The number of nitrogens with zero attached hydrogens (tertiary/aromatic N) is 1. The molecule has 9 heteroatoms. The molecule has 3 aromatic rings. The van der Waals surface area contributed by atoms with Crippen LogP contribution in [0, 0.1) is 11.3 Å². The van der Waals surface area contributed by atoms with Crippen LogP contribution in [0.5, 0.6) is 11.5 Å². The quantitative estimate of drug-likeness (QED) is 0.639. The first kappa shape index (κ1) is 16.0. The van der Waals surface area contributed by atoms with Crippen molar-refractivity contribution >= 4 is 39.0 Å². The molecule has 0 unspecified atom stereocenters. The number of nitriles is 1. The van der Waals surface area contributed by atoms with E-state index in [4.69, 9.17) is 26.2 Å². The summed E-state index contributed by atoms with van der Waals surface area (Å²) in [7, 11) is 0. The number of thiophene rings is 1. The summed E-state index contributed by atoms with van der Waals surface area (Å²) in [5.74, 6) is 1.29. The maximum Gasteiger partial charge on any atom is 0.289 e. The molecule has 8 nitrogen and oxygen atoms in total. The van der Waals surface area contributed by atoms with Gasteiger partial charge in [-0.25, -0.2) is 4.98 Å². The Kier molecular flexibility index (Phi) is 3.74. The topological polar surface area (TPSA) is 138 Å². The van der Waals surface area contributed by atoms with E-state index in [1.807, 2.05) is 18.2 Å². The number of nitrogens with two attached hydrogens (primary N) is 2. The highest BCUT2D eigenvalue weighted by Gasteiger charge is 2.21. The van der Waals surface area contributed by atoms with Crippen molar-refractivity contribution in [3.63, 3.8) is 0 Å². The van der Waals surface area contributed by atoms with E-state index < -0.39 is 0 Å². The fourth-order valence-corrected chi connectivity index (χ4v) is 3.71. The van der Waals surface area contributed by atoms with E-state index in [1.165, 1.54) is 11.3 Å². The summed E-state index contributed by atoms with van der Waals surface area (Å²) >= 11 is 1.19. The molecule has 1 aliphatic heterocycles. The molecular weight excluding hydrogens is 354 g/mol. The number of hydrogen-bond acceptors (Lipinski definition) is 7. The molecule has 1 amide bonds. The SMILES string of the molecule is N#Cc1cc2c(N)c(C(=O)NCc3ccc4c(c3)OCO4)sc2[nH+]c1N. The average Bonchev–Trinajstić information content (AvgIpc) is 3.23. The number of rotatable bonds is 3. The number of aromatic nitrogens is 1. The van der Waals surface area contributed by atoms with Crippen molar-refractivity contribution in [1.29, 1.82) is 5.26 Å². The van der Waals surface area contributed by atoms with Gasteiger partial charge in [0.05, 0.1) is 11.1 Å². The number of carbonyl (C=O) groups excluding carboxylic acids is 1. The number of hydrogen-bond donors (Lipinski definition) is 3. The third-order valence-electron chi connectivity index (χ3n) is 4.03. The van der Waals surface area contributed by atoms with E-state index in [1.54, 1.807) is 12.1 Å². The zero-order chi connectivity index (χ0) is 18.3. The molecule has 4 rings (SSSR count). The van der Waals surface area contributed by atoms with Gasteiger partial charge in [-0.05, 0) is 23.8 Å². The Bertz CT molecular complexity index is 1090. The van der Waals surface area contributed by atoms with Crippen molar-refractivity contribution in [2.24, 2.45) is 0 Å². The zero-order valence-corrected chi connectivity index (χ0v) is 14.3. The van der Waals surface area contributed by atoms with Crippen LogP contribution in [0.1, 0.15) is 20.8 Å². The van der Waals surface area contributed by atoms with Crippen LogP contribution in [-0.4, -0.2) is 12.7 Å². The standard InChI is InChI=1S/C17H13N5O3S/c18-5-9-4-10-13(19)14(26-17(10)22-15(9)20)16(23)21-6-8-1-2-11-12(3-8)25-7-24-11/h1-4H,6-7,19H2,(H2,20,22)(H,21,23)/p+1. The van der Waals surface area contributed by atoms with Crippen molar-refractivity contribution in [3.8, 4) is 17.6 Å². The number of fused-ring (bicyclic) bond motifs is 2.